The van der Waals surface area contributed by atoms with Crippen molar-refractivity contribution in [1.82, 2.24) is 15.1 Å². The quantitative estimate of drug-likeness (QED) is 0.590. The van der Waals surface area contributed by atoms with E-state index in [4.69, 9.17) is 10.5 Å². The average Bonchev–Trinajstić information content (AvgIpc) is 2.87. The fourth-order valence-electron chi connectivity index (χ4n) is 1.56. The molecule has 0 saturated carbocycles. The van der Waals surface area contributed by atoms with Crippen LogP contribution in [0.1, 0.15) is 0 Å². The summed E-state index contributed by atoms with van der Waals surface area (Å²) in [4.78, 5) is 11.5. The molecule has 0 spiro atoms. The zero-order chi connectivity index (χ0) is 13.5. The van der Waals surface area contributed by atoms with Crippen molar-refractivity contribution in [2.24, 2.45) is 0 Å². The molecule has 3 N–H and O–H groups in total. The van der Waals surface area contributed by atoms with Gasteiger partial charge in [0.1, 0.15) is 18.9 Å². The van der Waals surface area contributed by atoms with Crippen molar-refractivity contribution in [2.45, 2.75) is 6.54 Å². The molecule has 0 atom stereocenters. The van der Waals surface area contributed by atoms with Gasteiger partial charge in [0.2, 0.25) is 5.91 Å². The molecule has 0 fully saturated rings. The summed E-state index contributed by atoms with van der Waals surface area (Å²) >= 11 is 0. The number of nitrogens with one attached hydrogen (secondary N) is 1. The lowest BCUT2D eigenvalue weighted by Gasteiger charge is -2.08. The van der Waals surface area contributed by atoms with Gasteiger partial charge in [-0.3, -0.25) is 9.48 Å². The van der Waals surface area contributed by atoms with Gasteiger partial charge in [0, 0.05) is 24.1 Å². The van der Waals surface area contributed by atoms with Crippen LogP contribution in [-0.4, -0.2) is 28.8 Å². The van der Waals surface area contributed by atoms with Crippen LogP contribution in [0.3, 0.4) is 0 Å². The number of anilines is 1. The number of hydrogen-bond acceptors (Lipinski definition) is 4. The molecular weight excluding hydrogens is 244 g/mol. The molecular formula is C13H16N4O2. The highest BCUT2D eigenvalue weighted by Crippen LogP contribution is 2.13. The number of rotatable bonds is 6. The summed E-state index contributed by atoms with van der Waals surface area (Å²) in [6.07, 6.45) is 3.37. The molecule has 19 heavy (non-hydrogen) atoms. The topological polar surface area (TPSA) is 82.2 Å². The number of benzene rings is 1. The van der Waals surface area contributed by atoms with Gasteiger partial charge in [0.05, 0.1) is 6.54 Å². The first-order valence-corrected chi connectivity index (χ1v) is 5.96. The number of ether oxygens (including phenoxy) is 1. The number of carbonyl (C=O) groups is 1. The Hall–Kier alpha value is -2.50. The van der Waals surface area contributed by atoms with E-state index in [-0.39, 0.29) is 12.5 Å². The summed E-state index contributed by atoms with van der Waals surface area (Å²) in [6.45, 7) is 1.05. The van der Waals surface area contributed by atoms with Crippen molar-refractivity contribution in [3.8, 4) is 5.75 Å². The number of nitrogen functional groups attached to an aromatic ring is 1. The van der Waals surface area contributed by atoms with Crippen LogP contribution in [0.2, 0.25) is 0 Å². The first kappa shape index (κ1) is 12.9. The lowest BCUT2D eigenvalue weighted by Crippen LogP contribution is -2.31. The second-order valence-electron chi connectivity index (χ2n) is 3.97. The molecule has 0 unspecified atom stereocenters. The Bertz CT molecular complexity index is 525. The number of aromatic nitrogens is 2. The molecule has 1 aromatic carbocycles. The lowest BCUT2D eigenvalue weighted by atomic mass is 10.3. The highest BCUT2D eigenvalue weighted by molar-refractivity contribution is 5.75. The minimum atomic E-state index is -0.0973. The van der Waals surface area contributed by atoms with Crippen molar-refractivity contribution >= 4 is 11.6 Å². The van der Waals surface area contributed by atoms with E-state index in [9.17, 15) is 4.79 Å². The van der Waals surface area contributed by atoms with Crippen LogP contribution in [-0.2, 0) is 11.3 Å². The predicted octanol–water partition coefficient (Wildman–Crippen LogP) is 0.660. The van der Waals surface area contributed by atoms with Gasteiger partial charge in [0.15, 0.2) is 0 Å². The molecule has 0 aliphatic rings. The molecule has 0 saturated heterocycles. The highest BCUT2D eigenvalue weighted by Gasteiger charge is 2.02. The van der Waals surface area contributed by atoms with Gasteiger partial charge in [-0.2, -0.15) is 5.10 Å². The number of hydrogen-bond donors (Lipinski definition) is 2. The number of nitrogens with zero attached hydrogens (tertiary/aromatic N) is 2. The molecule has 1 amide bonds. The molecule has 1 aromatic heterocycles. The summed E-state index contributed by atoms with van der Waals surface area (Å²) in [5, 5.41) is 6.70. The SMILES string of the molecule is Nc1cccc(OCCNC(=O)Cn2cccn2)c1. The minimum Gasteiger partial charge on any atom is -0.492 e. The van der Waals surface area contributed by atoms with Crippen molar-refractivity contribution in [3.05, 3.63) is 42.7 Å². The van der Waals surface area contributed by atoms with E-state index in [1.54, 1.807) is 35.3 Å². The molecule has 0 bridgehead atoms. The normalized spacial score (nSPS) is 10.1. The van der Waals surface area contributed by atoms with Gasteiger partial charge in [-0.05, 0) is 18.2 Å². The molecule has 0 aliphatic heterocycles. The Balaban J connectivity index is 1.65. The molecule has 0 radical (unpaired) electrons. The monoisotopic (exact) mass is 260 g/mol. The van der Waals surface area contributed by atoms with E-state index < -0.39 is 0 Å². The fourth-order valence-corrected chi connectivity index (χ4v) is 1.56. The highest BCUT2D eigenvalue weighted by atomic mass is 16.5. The third-order valence-corrected chi connectivity index (χ3v) is 2.42. The smallest absolute Gasteiger partial charge is 0.241 e. The van der Waals surface area contributed by atoms with Crippen molar-refractivity contribution in [1.29, 1.82) is 0 Å². The lowest BCUT2D eigenvalue weighted by molar-refractivity contribution is -0.121. The summed E-state index contributed by atoms with van der Waals surface area (Å²) in [5.41, 5.74) is 6.28. The van der Waals surface area contributed by atoms with E-state index >= 15 is 0 Å². The third-order valence-electron chi connectivity index (χ3n) is 2.42. The summed E-state index contributed by atoms with van der Waals surface area (Å²) in [7, 11) is 0. The number of carbonyl (C=O) groups excluding carboxylic acids is 1. The third kappa shape index (κ3) is 4.34. The minimum absolute atomic E-state index is 0.0973. The molecule has 100 valence electrons. The second-order valence-corrected chi connectivity index (χ2v) is 3.97. The van der Waals surface area contributed by atoms with E-state index in [0.29, 0.717) is 24.6 Å². The average molecular weight is 260 g/mol. The molecule has 2 aromatic rings. The maximum atomic E-state index is 11.5. The van der Waals surface area contributed by atoms with Crippen LogP contribution in [0.15, 0.2) is 42.7 Å². The van der Waals surface area contributed by atoms with Gasteiger partial charge in [-0.15, -0.1) is 0 Å². The Kier molecular flexibility index (Phi) is 4.39. The van der Waals surface area contributed by atoms with Crippen LogP contribution in [0.4, 0.5) is 5.69 Å². The van der Waals surface area contributed by atoms with Crippen molar-refractivity contribution in [2.75, 3.05) is 18.9 Å². The predicted molar refractivity (Wildman–Crippen MR) is 71.6 cm³/mol. The largest absolute Gasteiger partial charge is 0.492 e. The van der Waals surface area contributed by atoms with Crippen molar-refractivity contribution < 1.29 is 9.53 Å². The van der Waals surface area contributed by atoms with Gasteiger partial charge >= 0.3 is 0 Å². The first-order chi connectivity index (χ1) is 9.24. The Morgan fingerprint density at radius 3 is 3.05 bits per heavy atom. The van der Waals surface area contributed by atoms with Gasteiger partial charge < -0.3 is 15.8 Å². The van der Waals surface area contributed by atoms with E-state index in [1.807, 2.05) is 12.1 Å². The van der Waals surface area contributed by atoms with Crippen LogP contribution in [0.25, 0.3) is 0 Å². The number of nitrogens with two attached hydrogens (primary N) is 1. The summed E-state index contributed by atoms with van der Waals surface area (Å²) in [6, 6.07) is 8.95. The number of amides is 1. The van der Waals surface area contributed by atoms with Gasteiger partial charge in [-0.1, -0.05) is 6.07 Å². The molecule has 6 nitrogen and oxygen atoms in total. The van der Waals surface area contributed by atoms with Gasteiger partial charge in [-0.25, -0.2) is 0 Å². The Morgan fingerprint density at radius 2 is 2.32 bits per heavy atom. The van der Waals surface area contributed by atoms with Crippen molar-refractivity contribution in [3.63, 3.8) is 0 Å². The zero-order valence-corrected chi connectivity index (χ0v) is 10.5. The van der Waals surface area contributed by atoms with Crippen LogP contribution in [0, 0.1) is 0 Å². The zero-order valence-electron chi connectivity index (χ0n) is 10.5. The molecule has 6 heteroatoms. The second kappa shape index (κ2) is 6.44. The molecule has 2 rings (SSSR count). The Labute approximate surface area is 111 Å². The van der Waals surface area contributed by atoms with Crippen LogP contribution in [0.5, 0.6) is 5.75 Å². The molecule has 0 aliphatic carbocycles. The van der Waals surface area contributed by atoms with Gasteiger partial charge in [0.25, 0.3) is 0 Å². The van der Waals surface area contributed by atoms with Crippen LogP contribution >= 0.6 is 0 Å². The standard InChI is InChI=1S/C13H16N4O2/c14-11-3-1-4-12(9-11)19-8-6-15-13(18)10-17-7-2-5-16-17/h1-5,7,9H,6,8,10,14H2,(H,15,18). The first-order valence-electron chi connectivity index (χ1n) is 5.96. The molecule has 1 heterocycles. The summed E-state index contributed by atoms with van der Waals surface area (Å²) in [5.74, 6) is 0.598. The Morgan fingerprint density at radius 1 is 1.42 bits per heavy atom. The van der Waals surface area contributed by atoms with E-state index in [1.165, 1.54) is 0 Å². The van der Waals surface area contributed by atoms with Crippen LogP contribution < -0.4 is 15.8 Å². The fraction of sp³-hybridized carbons (Fsp3) is 0.231. The van der Waals surface area contributed by atoms with E-state index in [2.05, 4.69) is 10.4 Å². The van der Waals surface area contributed by atoms with E-state index in [0.717, 1.165) is 0 Å². The maximum Gasteiger partial charge on any atom is 0.241 e. The maximum absolute atomic E-state index is 11.5. The summed E-state index contributed by atoms with van der Waals surface area (Å²) < 4.78 is 7.02.